The van der Waals surface area contributed by atoms with E-state index in [0.717, 1.165) is 0 Å². The molecular formula is C12H21NO6. The summed E-state index contributed by atoms with van der Waals surface area (Å²) in [7, 11) is 0. The fourth-order valence-electron chi connectivity index (χ4n) is 1.47. The van der Waals surface area contributed by atoms with Crippen LogP contribution in [0, 0.1) is 15.5 Å². The normalized spacial score (nSPS) is 16.1. The Morgan fingerprint density at radius 1 is 1.11 bits per heavy atom. The Kier molecular flexibility index (Phi) is 5.92. The van der Waals surface area contributed by atoms with Gasteiger partial charge in [0, 0.05) is 11.8 Å². The summed E-state index contributed by atoms with van der Waals surface area (Å²) in [4.78, 5) is 32.9. The number of rotatable bonds is 5. The van der Waals surface area contributed by atoms with Crippen molar-refractivity contribution in [3.63, 3.8) is 0 Å². The number of esters is 2. The minimum Gasteiger partial charge on any atom is -0.455 e. The van der Waals surface area contributed by atoms with Gasteiger partial charge in [-0.25, -0.2) is 0 Å². The summed E-state index contributed by atoms with van der Waals surface area (Å²) < 4.78 is 9.86. The van der Waals surface area contributed by atoms with E-state index < -0.39 is 40.5 Å². The molecule has 0 aromatic rings. The van der Waals surface area contributed by atoms with Crippen LogP contribution in [0.15, 0.2) is 0 Å². The molecule has 0 radical (unpaired) electrons. The fourth-order valence-corrected chi connectivity index (χ4v) is 1.47. The Bertz CT molecular complexity index is 360. The van der Waals surface area contributed by atoms with E-state index in [9.17, 15) is 19.7 Å². The zero-order valence-corrected chi connectivity index (χ0v) is 12.1. The van der Waals surface area contributed by atoms with E-state index in [1.165, 1.54) is 20.8 Å². The third kappa shape index (κ3) is 5.67. The molecule has 3 unspecified atom stereocenters. The molecule has 3 atom stereocenters. The minimum atomic E-state index is -1.30. The lowest BCUT2D eigenvalue weighted by atomic mass is 9.97. The standard InChI is InChI=1S/C12H21NO6/c1-7(18-9(3)14)10(13(16)17)8(2)19-11(15)12(4,5)6/h7-8,10H,1-6H3. The second-order valence-corrected chi connectivity index (χ2v) is 5.45. The Labute approximate surface area is 112 Å². The lowest BCUT2D eigenvalue weighted by molar-refractivity contribution is -0.543. The van der Waals surface area contributed by atoms with Gasteiger partial charge in [-0.3, -0.25) is 19.7 Å². The van der Waals surface area contributed by atoms with Gasteiger partial charge in [0.25, 0.3) is 6.04 Å². The summed E-state index contributed by atoms with van der Waals surface area (Å²) in [5.74, 6) is -1.16. The fraction of sp³-hybridized carbons (Fsp3) is 0.833. The maximum atomic E-state index is 11.7. The van der Waals surface area contributed by atoms with E-state index in [-0.39, 0.29) is 0 Å². The maximum Gasteiger partial charge on any atom is 0.311 e. The number of carbonyl (C=O) groups is 2. The molecule has 19 heavy (non-hydrogen) atoms. The van der Waals surface area contributed by atoms with Gasteiger partial charge >= 0.3 is 11.9 Å². The van der Waals surface area contributed by atoms with Crippen LogP contribution in [-0.4, -0.2) is 35.1 Å². The first-order chi connectivity index (χ1) is 8.46. The van der Waals surface area contributed by atoms with Crippen LogP contribution in [0.5, 0.6) is 0 Å². The van der Waals surface area contributed by atoms with Crippen LogP contribution >= 0.6 is 0 Å². The van der Waals surface area contributed by atoms with Crippen LogP contribution in [-0.2, 0) is 19.1 Å². The minimum absolute atomic E-state index is 0.540. The molecule has 0 amide bonds. The van der Waals surface area contributed by atoms with Crippen molar-refractivity contribution in [2.75, 3.05) is 0 Å². The van der Waals surface area contributed by atoms with Gasteiger partial charge in [-0.2, -0.15) is 0 Å². The van der Waals surface area contributed by atoms with E-state index in [4.69, 9.17) is 9.47 Å². The molecule has 7 nitrogen and oxygen atoms in total. The summed E-state index contributed by atoms with van der Waals surface area (Å²) >= 11 is 0. The van der Waals surface area contributed by atoms with Gasteiger partial charge in [-0.1, -0.05) is 0 Å². The zero-order chi connectivity index (χ0) is 15.4. The third-order valence-corrected chi connectivity index (χ3v) is 2.46. The van der Waals surface area contributed by atoms with Gasteiger partial charge < -0.3 is 9.47 Å². The number of nitro groups is 1. The van der Waals surface area contributed by atoms with Crippen LogP contribution in [0.4, 0.5) is 0 Å². The molecule has 0 aromatic carbocycles. The summed E-state index contributed by atoms with van der Waals surface area (Å²) in [5.41, 5.74) is -0.750. The molecule has 0 aliphatic rings. The molecule has 0 rings (SSSR count). The molecule has 0 heterocycles. The van der Waals surface area contributed by atoms with Crippen molar-refractivity contribution in [1.82, 2.24) is 0 Å². The number of ether oxygens (including phenoxy) is 2. The molecule has 0 aliphatic carbocycles. The topological polar surface area (TPSA) is 95.7 Å². The van der Waals surface area contributed by atoms with Crippen molar-refractivity contribution in [3.05, 3.63) is 10.1 Å². The predicted molar refractivity (Wildman–Crippen MR) is 67.0 cm³/mol. The number of hydrogen-bond donors (Lipinski definition) is 0. The summed E-state index contributed by atoms with van der Waals surface area (Å²) in [6.45, 7) is 8.93. The molecule has 0 aliphatic heterocycles. The molecule has 110 valence electrons. The van der Waals surface area contributed by atoms with Crippen LogP contribution in [0.25, 0.3) is 0 Å². The molecule has 0 saturated heterocycles. The lowest BCUT2D eigenvalue weighted by Gasteiger charge is -2.25. The van der Waals surface area contributed by atoms with Gasteiger partial charge in [-0.15, -0.1) is 0 Å². The van der Waals surface area contributed by atoms with E-state index in [2.05, 4.69) is 0 Å². The Morgan fingerprint density at radius 3 is 1.84 bits per heavy atom. The largest absolute Gasteiger partial charge is 0.455 e. The molecule has 0 bridgehead atoms. The highest BCUT2D eigenvalue weighted by atomic mass is 16.6. The third-order valence-electron chi connectivity index (χ3n) is 2.46. The zero-order valence-electron chi connectivity index (χ0n) is 12.1. The highest BCUT2D eigenvalue weighted by Crippen LogP contribution is 2.19. The van der Waals surface area contributed by atoms with Crippen LogP contribution in [0.2, 0.25) is 0 Å². The van der Waals surface area contributed by atoms with E-state index in [1.807, 2.05) is 0 Å². The van der Waals surface area contributed by atoms with Crippen molar-refractivity contribution in [1.29, 1.82) is 0 Å². The van der Waals surface area contributed by atoms with Crippen LogP contribution < -0.4 is 0 Å². The highest BCUT2D eigenvalue weighted by Gasteiger charge is 2.40. The van der Waals surface area contributed by atoms with Gasteiger partial charge in [0.2, 0.25) is 0 Å². The molecule has 0 N–H and O–H groups in total. The van der Waals surface area contributed by atoms with Gasteiger partial charge in [0.05, 0.1) is 5.41 Å². The predicted octanol–water partition coefficient (Wildman–Crippen LogP) is 1.56. The van der Waals surface area contributed by atoms with E-state index >= 15 is 0 Å². The molecule has 0 aromatic heterocycles. The van der Waals surface area contributed by atoms with Crippen molar-refractivity contribution < 1.29 is 24.0 Å². The quantitative estimate of drug-likeness (QED) is 0.429. The van der Waals surface area contributed by atoms with Crippen LogP contribution in [0.3, 0.4) is 0 Å². The van der Waals surface area contributed by atoms with Gasteiger partial charge in [0.1, 0.15) is 0 Å². The summed E-state index contributed by atoms with van der Waals surface area (Å²) in [5, 5.41) is 11.0. The van der Waals surface area contributed by atoms with Crippen molar-refractivity contribution in [3.8, 4) is 0 Å². The summed E-state index contributed by atoms with van der Waals surface area (Å²) in [6, 6.07) is -1.30. The molecule has 0 saturated carbocycles. The first-order valence-electron chi connectivity index (χ1n) is 5.98. The number of hydrogen-bond acceptors (Lipinski definition) is 6. The second kappa shape index (κ2) is 6.49. The van der Waals surface area contributed by atoms with E-state index in [0.29, 0.717) is 0 Å². The average Bonchev–Trinajstić information content (AvgIpc) is 2.13. The van der Waals surface area contributed by atoms with E-state index in [1.54, 1.807) is 20.8 Å². The molecule has 0 spiro atoms. The Hall–Kier alpha value is -1.66. The number of nitrogens with zero attached hydrogens (tertiary/aromatic N) is 1. The van der Waals surface area contributed by atoms with Crippen molar-refractivity contribution >= 4 is 11.9 Å². The maximum absolute atomic E-state index is 11.7. The Morgan fingerprint density at radius 2 is 1.53 bits per heavy atom. The average molecular weight is 275 g/mol. The first kappa shape index (κ1) is 17.3. The molecule has 7 heteroatoms. The summed E-state index contributed by atoms with van der Waals surface area (Å²) in [6.07, 6.45) is -1.97. The smallest absolute Gasteiger partial charge is 0.311 e. The van der Waals surface area contributed by atoms with Crippen molar-refractivity contribution in [2.45, 2.75) is 59.8 Å². The van der Waals surface area contributed by atoms with Gasteiger partial charge in [-0.05, 0) is 34.6 Å². The van der Waals surface area contributed by atoms with Crippen molar-refractivity contribution in [2.24, 2.45) is 5.41 Å². The Balaban J connectivity index is 4.86. The van der Waals surface area contributed by atoms with Gasteiger partial charge in [0.15, 0.2) is 12.2 Å². The van der Waals surface area contributed by atoms with Crippen LogP contribution in [0.1, 0.15) is 41.5 Å². The SMILES string of the molecule is CC(=O)OC(C)C(C(C)OC(=O)C(C)(C)C)[N+](=O)[O-]. The highest BCUT2D eigenvalue weighted by molar-refractivity contribution is 5.75. The first-order valence-corrected chi connectivity index (χ1v) is 5.98. The molecule has 0 fully saturated rings. The second-order valence-electron chi connectivity index (χ2n) is 5.45. The number of carbonyl (C=O) groups excluding carboxylic acids is 2. The monoisotopic (exact) mass is 275 g/mol. The lowest BCUT2D eigenvalue weighted by Crippen LogP contribution is -2.45. The molecular weight excluding hydrogens is 254 g/mol.